The largest absolute Gasteiger partial charge is 0.493 e. The summed E-state index contributed by atoms with van der Waals surface area (Å²) >= 11 is 19.5. The van der Waals surface area contributed by atoms with Gasteiger partial charge in [-0.3, -0.25) is 9.89 Å². The van der Waals surface area contributed by atoms with E-state index in [0.717, 1.165) is 16.7 Å². The number of carbonyl (C=O) groups is 1. The number of carbonyl (C=O) groups excluding carboxylic acids is 1. The van der Waals surface area contributed by atoms with E-state index >= 15 is 0 Å². The summed E-state index contributed by atoms with van der Waals surface area (Å²) in [5.74, 6) is 0.995. The van der Waals surface area contributed by atoms with Crippen molar-refractivity contribution in [1.82, 2.24) is 14.1 Å². The highest BCUT2D eigenvalue weighted by molar-refractivity contribution is 7.89. The molecular formula is C34H39Cl3N4O4S. The molecule has 0 bridgehead atoms. The maximum absolute atomic E-state index is 14.8. The smallest absolute Gasteiger partial charge is 0.326 e. The van der Waals surface area contributed by atoms with Crippen molar-refractivity contribution < 1.29 is 17.9 Å². The zero-order chi connectivity index (χ0) is 33.4. The fraction of sp³-hybridized carbons (Fsp3) is 0.412. The normalized spacial score (nSPS) is 19.3. The minimum Gasteiger partial charge on any atom is -0.493 e. The third-order valence-corrected chi connectivity index (χ3v) is 11.1. The average molecular weight is 706 g/mol. The first kappa shape index (κ1) is 34.5. The fourth-order valence-electron chi connectivity index (χ4n) is 5.92. The van der Waals surface area contributed by atoms with Crippen LogP contribution in [0.15, 0.2) is 65.7 Å². The van der Waals surface area contributed by atoms with Gasteiger partial charge in [-0.1, -0.05) is 79.8 Å². The molecule has 2 atom stereocenters. The van der Waals surface area contributed by atoms with Crippen molar-refractivity contribution in [3.8, 4) is 5.75 Å². The van der Waals surface area contributed by atoms with Crippen molar-refractivity contribution in [3.63, 3.8) is 0 Å². The van der Waals surface area contributed by atoms with Gasteiger partial charge in [0, 0.05) is 41.2 Å². The summed E-state index contributed by atoms with van der Waals surface area (Å²) in [5.41, 5.74) is 2.95. The van der Waals surface area contributed by atoms with Crippen LogP contribution >= 0.6 is 34.8 Å². The van der Waals surface area contributed by atoms with Crippen LogP contribution in [0.25, 0.3) is 0 Å². The molecular weight excluding hydrogens is 667 g/mol. The van der Waals surface area contributed by atoms with Crippen LogP contribution in [0.1, 0.15) is 69.0 Å². The van der Waals surface area contributed by atoms with Crippen LogP contribution < -0.4 is 4.74 Å². The standard InChI is InChI=1S/C34H39Cl3N4O4S/c1-6-45-29-21-27(34(3,4)5)28(37)20-26(29)32-38-30(22-8-12-24(35)13-9-22)31(23-10-14-25(36)15-11-23)41(32)33(42)39-16-18-40(19-17-39)46(43,44)7-2/h8-15,20-21,30-31H,6-7,16-19H2,1-5H3/t30-,31+/m0/s1. The molecule has 0 N–H and O–H groups in total. The zero-order valence-electron chi connectivity index (χ0n) is 26.6. The van der Waals surface area contributed by atoms with E-state index in [9.17, 15) is 13.2 Å². The predicted octanol–water partition coefficient (Wildman–Crippen LogP) is 7.98. The van der Waals surface area contributed by atoms with E-state index in [-0.39, 0.29) is 43.4 Å². The summed E-state index contributed by atoms with van der Waals surface area (Å²) in [4.78, 5) is 23.4. The molecule has 0 saturated carbocycles. The molecule has 1 saturated heterocycles. The summed E-state index contributed by atoms with van der Waals surface area (Å²) in [6, 6.07) is 17.3. The predicted molar refractivity (Wildman–Crippen MR) is 186 cm³/mol. The van der Waals surface area contributed by atoms with E-state index < -0.39 is 22.1 Å². The van der Waals surface area contributed by atoms with Gasteiger partial charge in [-0.25, -0.2) is 13.2 Å². The maximum Gasteiger partial charge on any atom is 0.326 e. The number of nitrogens with zero attached hydrogens (tertiary/aromatic N) is 4. The van der Waals surface area contributed by atoms with Crippen LogP contribution in [0.4, 0.5) is 4.79 Å². The molecule has 0 aromatic heterocycles. The van der Waals surface area contributed by atoms with Gasteiger partial charge in [0.2, 0.25) is 10.0 Å². The maximum atomic E-state index is 14.8. The molecule has 46 heavy (non-hydrogen) atoms. The molecule has 2 aliphatic rings. The lowest BCUT2D eigenvalue weighted by atomic mass is 9.86. The van der Waals surface area contributed by atoms with E-state index in [1.807, 2.05) is 55.5 Å². The summed E-state index contributed by atoms with van der Waals surface area (Å²) in [7, 11) is -3.38. The Labute approximate surface area is 286 Å². The highest BCUT2D eigenvalue weighted by Gasteiger charge is 2.45. The van der Waals surface area contributed by atoms with Crippen LogP contribution in [0.5, 0.6) is 5.75 Å². The van der Waals surface area contributed by atoms with Gasteiger partial charge in [0.25, 0.3) is 0 Å². The van der Waals surface area contributed by atoms with Gasteiger partial charge in [0.05, 0.1) is 24.0 Å². The number of hydrogen-bond donors (Lipinski definition) is 0. The SMILES string of the molecule is CCOc1cc(C(C)(C)C)c(Cl)cc1C1=N[C@@H](c2ccc(Cl)cc2)[C@@H](c2ccc(Cl)cc2)N1C(=O)N1CCN(S(=O)(=O)CC)CC1. The average Bonchev–Trinajstić information content (AvgIpc) is 3.42. The monoisotopic (exact) mass is 704 g/mol. The molecule has 0 aliphatic carbocycles. The van der Waals surface area contributed by atoms with Crippen LogP contribution in [0, 0.1) is 0 Å². The Bertz CT molecular complexity index is 1720. The third kappa shape index (κ3) is 7.04. The quantitative estimate of drug-likeness (QED) is 0.250. The minimum atomic E-state index is -3.38. The number of aliphatic imine (C=N–C) groups is 1. The number of ether oxygens (including phenoxy) is 1. The second kappa shape index (κ2) is 13.7. The molecule has 0 radical (unpaired) electrons. The molecule has 0 spiro atoms. The highest BCUT2D eigenvalue weighted by atomic mass is 35.5. The van der Waals surface area contributed by atoms with Gasteiger partial charge >= 0.3 is 6.03 Å². The Morgan fingerprint density at radius 2 is 1.46 bits per heavy atom. The fourth-order valence-corrected chi connectivity index (χ4v) is 7.71. The molecule has 8 nitrogen and oxygen atoms in total. The number of benzene rings is 3. The number of amidine groups is 1. The first-order valence-electron chi connectivity index (χ1n) is 15.4. The Kier molecular flexibility index (Phi) is 10.3. The Hall–Kier alpha value is -2.82. The van der Waals surface area contributed by atoms with Gasteiger partial charge in [0.1, 0.15) is 17.6 Å². The lowest BCUT2D eigenvalue weighted by Gasteiger charge is -2.38. The Balaban J connectivity index is 1.68. The number of halogens is 3. The molecule has 2 heterocycles. The summed E-state index contributed by atoms with van der Waals surface area (Å²) < 4.78 is 32.8. The molecule has 1 fully saturated rings. The van der Waals surface area contributed by atoms with Gasteiger partial charge in [0.15, 0.2) is 0 Å². The van der Waals surface area contributed by atoms with Crippen molar-refractivity contribution in [1.29, 1.82) is 0 Å². The lowest BCUT2D eigenvalue weighted by Crippen LogP contribution is -2.55. The number of amides is 2. The van der Waals surface area contributed by atoms with Crippen LogP contribution in [-0.2, 0) is 15.4 Å². The first-order valence-corrected chi connectivity index (χ1v) is 18.1. The van der Waals surface area contributed by atoms with Gasteiger partial charge in [-0.05, 0) is 72.4 Å². The van der Waals surface area contributed by atoms with E-state index in [4.69, 9.17) is 44.5 Å². The van der Waals surface area contributed by atoms with E-state index in [2.05, 4.69) is 20.8 Å². The minimum absolute atomic E-state index is 0.0107. The van der Waals surface area contributed by atoms with E-state index in [0.29, 0.717) is 38.8 Å². The van der Waals surface area contributed by atoms with Crippen molar-refractivity contribution in [2.24, 2.45) is 4.99 Å². The number of sulfonamides is 1. The lowest BCUT2D eigenvalue weighted by molar-refractivity contribution is 0.143. The summed E-state index contributed by atoms with van der Waals surface area (Å²) in [6.07, 6.45) is 0. The third-order valence-electron chi connectivity index (χ3n) is 8.38. The molecule has 3 aromatic rings. The zero-order valence-corrected chi connectivity index (χ0v) is 29.7. The number of piperazine rings is 1. The van der Waals surface area contributed by atoms with Gasteiger partial charge in [-0.15, -0.1) is 0 Å². The Morgan fingerprint density at radius 1 is 0.891 bits per heavy atom. The first-order chi connectivity index (χ1) is 21.7. The van der Waals surface area contributed by atoms with Crippen molar-refractivity contribution in [2.45, 2.75) is 52.1 Å². The second-order valence-electron chi connectivity index (χ2n) is 12.4. The molecule has 246 valence electrons. The molecule has 2 aliphatic heterocycles. The van der Waals surface area contributed by atoms with Crippen molar-refractivity contribution in [3.05, 3.63) is 98.0 Å². The molecule has 0 unspecified atom stereocenters. The highest BCUT2D eigenvalue weighted by Crippen LogP contribution is 2.46. The molecule has 2 amide bonds. The van der Waals surface area contributed by atoms with Crippen LogP contribution in [-0.4, -0.2) is 72.9 Å². The van der Waals surface area contributed by atoms with E-state index in [1.54, 1.807) is 28.9 Å². The van der Waals surface area contributed by atoms with Gasteiger partial charge < -0.3 is 9.64 Å². The topological polar surface area (TPSA) is 82.5 Å². The molecule has 5 rings (SSSR count). The van der Waals surface area contributed by atoms with Crippen LogP contribution in [0.3, 0.4) is 0 Å². The van der Waals surface area contributed by atoms with Crippen LogP contribution in [0.2, 0.25) is 15.1 Å². The van der Waals surface area contributed by atoms with Gasteiger partial charge in [-0.2, -0.15) is 4.31 Å². The number of urea groups is 1. The van der Waals surface area contributed by atoms with E-state index in [1.165, 1.54) is 4.31 Å². The van der Waals surface area contributed by atoms with Crippen molar-refractivity contribution in [2.75, 3.05) is 38.5 Å². The summed E-state index contributed by atoms with van der Waals surface area (Å²) in [6.45, 7) is 11.1. The second-order valence-corrected chi connectivity index (χ2v) is 15.9. The number of rotatable bonds is 7. The Morgan fingerprint density at radius 3 is 1.98 bits per heavy atom. The van der Waals surface area contributed by atoms with Crippen molar-refractivity contribution >= 4 is 56.7 Å². The number of hydrogen-bond acceptors (Lipinski definition) is 5. The summed E-state index contributed by atoms with van der Waals surface area (Å²) in [5, 5.41) is 1.70. The molecule has 3 aromatic carbocycles. The molecule has 12 heteroatoms.